The molecule has 22 heavy (non-hydrogen) atoms. The molecule has 0 radical (unpaired) electrons. The summed E-state index contributed by atoms with van der Waals surface area (Å²) >= 11 is 1.58. The van der Waals surface area contributed by atoms with Gasteiger partial charge in [-0.15, -0.1) is 0 Å². The molecule has 1 amide bonds. The molecule has 0 bridgehead atoms. The number of aliphatic hydroxyl groups is 1. The molecule has 1 saturated carbocycles. The Kier molecular flexibility index (Phi) is 5.16. The SMILES string of the molecule is Cc1cscc1C(=O)NC1CCN(C2CCCCC2O)CC1. The summed E-state index contributed by atoms with van der Waals surface area (Å²) in [7, 11) is 0. The van der Waals surface area contributed by atoms with Gasteiger partial charge in [0.2, 0.25) is 0 Å². The molecule has 1 aliphatic heterocycles. The van der Waals surface area contributed by atoms with Crippen LogP contribution < -0.4 is 5.32 Å². The van der Waals surface area contributed by atoms with Gasteiger partial charge in [0.05, 0.1) is 11.7 Å². The third-order valence-corrected chi connectivity index (χ3v) is 5.99. The third-order valence-electron chi connectivity index (χ3n) is 5.13. The maximum atomic E-state index is 12.3. The predicted octanol–water partition coefficient (Wildman–Crippen LogP) is 2.55. The van der Waals surface area contributed by atoms with E-state index in [1.165, 1.54) is 6.42 Å². The van der Waals surface area contributed by atoms with Crippen LogP contribution in [0.2, 0.25) is 0 Å². The van der Waals surface area contributed by atoms with Crippen molar-refractivity contribution in [1.29, 1.82) is 0 Å². The molecular weight excluding hydrogens is 296 g/mol. The van der Waals surface area contributed by atoms with Gasteiger partial charge < -0.3 is 10.4 Å². The van der Waals surface area contributed by atoms with Gasteiger partial charge in [0.25, 0.3) is 5.91 Å². The van der Waals surface area contributed by atoms with Crippen LogP contribution in [0.3, 0.4) is 0 Å². The van der Waals surface area contributed by atoms with Gasteiger partial charge in [-0.05, 0) is 43.6 Å². The number of carbonyl (C=O) groups excluding carboxylic acids is 1. The molecule has 2 atom stereocenters. The van der Waals surface area contributed by atoms with Crippen molar-refractivity contribution < 1.29 is 9.90 Å². The van der Waals surface area contributed by atoms with E-state index in [0.717, 1.165) is 56.3 Å². The standard InChI is InChI=1S/C17H26N2O2S/c1-12-10-22-11-14(12)17(21)18-13-6-8-19(9-7-13)15-4-2-3-5-16(15)20/h10-11,13,15-16,20H,2-9H2,1H3,(H,18,21). The lowest BCUT2D eigenvalue weighted by Crippen LogP contribution is -2.52. The number of amides is 1. The molecule has 3 rings (SSSR count). The molecule has 2 fully saturated rings. The maximum Gasteiger partial charge on any atom is 0.252 e. The first kappa shape index (κ1) is 16.0. The van der Waals surface area contributed by atoms with Crippen LogP contribution in [-0.2, 0) is 0 Å². The average Bonchev–Trinajstić information content (AvgIpc) is 2.95. The second-order valence-electron chi connectivity index (χ2n) is 6.67. The molecule has 1 aliphatic carbocycles. The lowest BCUT2D eigenvalue weighted by atomic mass is 9.89. The minimum Gasteiger partial charge on any atom is -0.391 e. The lowest BCUT2D eigenvalue weighted by molar-refractivity contribution is 0.00727. The molecule has 0 spiro atoms. The molecule has 1 saturated heterocycles. The van der Waals surface area contributed by atoms with Crippen LogP contribution in [0.25, 0.3) is 0 Å². The average molecular weight is 322 g/mol. The highest BCUT2D eigenvalue weighted by Crippen LogP contribution is 2.26. The van der Waals surface area contributed by atoms with Crippen molar-refractivity contribution in [2.24, 2.45) is 0 Å². The van der Waals surface area contributed by atoms with Gasteiger partial charge in [0, 0.05) is 30.6 Å². The summed E-state index contributed by atoms with van der Waals surface area (Å²) in [6, 6.07) is 0.605. The Balaban J connectivity index is 1.49. The Morgan fingerprint density at radius 3 is 2.59 bits per heavy atom. The summed E-state index contributed by atoms with van der Waals surface area (Å²) in [6.45, 7) is 3.95. The van der Waals surface area contributed by atoms with Gasteiger partial charge in [-0.1, -0.05) is 12.8 Å². The molecule has 2 heterocycles. The largest absolute Gasteiger partial charge is 0.391 e. The first-order chi connectivity index (χ1) is 10.6. The fourth-order valence-electron chi connectivity index (χ4n) is 3.75. The van der Waals surface area contributed by atoms with Gasteiger partial charge >= 0.3 is 0 Å². The van der Waals surface area contributed by atoms with Crippen molar-refractivity contribution in [3.63, 3.8) is 0 Å². The van der Waals surface area contributed by atoms with Crippen LogP contribution in [0.5, 0.6) is 0 Å². The van der Waals surface area contributed by atoms with E-state index < -0.39 is 0 Å². The number of hydrogen-bond donors (Lipinski definition) is 2. The van der Waals surface area contributed by atoms with Gasteiger partial charge in [-0.2, -0.15) is 11.3 Å². The number of likely N-dealkylation sites (tertiary alicyclic amines) is 1. The molecule has 5 heteroatoms. The van der Waals surface area contributed by atoms with E-state index >= 15 is 0 Å². The van der Waals surface area contributed by atoms with E-state index in [1.807, 2.05) is 17.7 Å². The number of hydrogen-bond acceptors (Lipinski definition) is 4. The van der Waals surface area contributed by atoms with Gasteiger partial charge in [-0.25, -0.2) is 0 Å². The Morgan fingerprint density at radius 2 is 1.95 bits per heavy atom. The number of aliphatic hydroxyl groups excluding tert-OH is 1. The molecule has 4 nitrogen and oxygen atoms in total. The van der Waals surface area contributed by atoms with Crippen molar-refractivity contribution in [3.8, 4) is 0 Å². The van der Waals surface area contributed by atoms with Crippen LogP contribution in [0.4, 0.5) is 0 Å². The van der Waals surface area contributed by atoms with Crippen molar-refractivity contribution in [1.82, 2.24) is 10.2 Å². The predicted molar refractivity (Wildman–Crippen MR) is 89.4 cm³/mol. The zero-order chi connectivity index (χ0) is 15.5. The summed E-state index contributed by atoms with van der Waals surface area (Å²) < 4.78 is 0. The second-order valence-corrected chi connectivity index (χ2v) is 7.41. The Bertz CT molecular complexity index is 509. The quantitative estimate of drug-likeness (QED) is 0.899. The van der Waals surface area contributed by atoms with Gasteiger partial charge in [0.15, 0.2) is 0 Å². The summed E-state index contributed by atoms with van der Waals surface area (Å²) in [6.07, 6.45) is 6.26. The third kappa shape index (κ3) is 3.53. The molecular formula is C17H26N2O2S. The normalized spacial score (nSPS) is 27.7. The fourth-order valence-corrected chi connectivity index (χ4v) is 4.58. The van der Waals surface area contributed by atoms with Crippen molar-refractivity contribution in [2.45, 2.75) is 63.6 Å². The highest BCUT2D eigenvalue weighted by atomic mass is 32.1. The van der Waals surface area contributed by atoms with E-state index in [9.17, 15) is 9.90 Å². The van der Waals surface area contributed by atoms with Crippen LogP contribution >= 0.6 is 11.3 Å². The van der Waals surface area contributed by atoms with E-state index in [4.69, 9.17) is 0 Å². The lowest BCUT2D eigenvalue weighted by Gasteiger charge is -2.41. The molecule has 1 aromatic rings. The molecule has 2 unspecified atom stereocenters. The zero-order valence-electron chi connectivity index (χ0n) is 13.3. The summed E-state index contributed by atoms with van der Waals surface area (Å²) in [5, 5.41) is 17.3. The molecule has 0 aromatic carbocycles. The van der Waals surface area contributed by atoms with Crippen molar-refractivity contribution >= 4 is 17.2 Å². The molecule has 122 valence electrons. The molecule has 2 N–H and O–H groups in total. The minimum absolute atomic E-state index is 0.0647. The molecule has 2 aliphatic rings. The summed E-state index contributed by atoms with van der Waals surface area (Å²) in [4.78, 5) is 14.7. The van der Waals surface area contributed by atoms with Crippen LogP contribution in [0, 0.1) is 6.92 Å². The van der Waals surface area contributed by atoms with Gasteiger partial charge in [0.1, 0.15) is 0 Å². The first-order valence-corrected chi connectivity index (χ1v) is 9.35. The zero-order valence-corrected chi connectivity index (χ0v) is 14.1. The Morgan fingerprint density at radius 1 is 1.23 bits per heavy atom. The topological polar surface area (TPSA) is 52.6 Å². The number of carbonyl (C=O) groups is 1. The maximum absolute atomic E-state index is 12.3. The Hall–Kier alpha value is -0.910. The van der Waals surface area contributed by atoms with Crippen molar-refractivity contribution in [3.05, 3.63) is 21.9 Å². The number of nitrogens with zero attached hydrogens (tertiary/aromatic N) is 1. The number of thiophene rings is 1. The number of aryl methyl sites for hydroxylation is 1. The second kappa shape index (κ2) is 7.11. The van der Waals surface area contributed by atoms with Crippen LogP contribution in [-0.4, -0.2) is 47.2 Å². The Labute approximate surface area is 136 Å². The fraction of sp³-hybridized carbons (Fsp3) is 0.706. The van der Waals surface area contributed by atoms with Crippen LogP contribution in [0.1, 0.15) is 54.4 Å². The number of nitrogens with one attached hydrogen (secondary N) is 1. The highest BCUT2D eigenvalue weighted by Gasteiger charge is 2.31. The van der Waals surface area contributed by atoms with E-state index in [2.05, 4.69) is 10.2 Å². The monoisotopic (exact) mass is 322 g/mol. The number of piperidine rings is 1. The molecule has 1 aromatic heterocycles. The smallest absolute Gasteiger partial charge is 0.252 e. The summed E-state index contributed by atoms with van der Waals surface area (Å²) in [5.41, 5.74) is 1.88. The van der Waals surface area contributed by atoms with Crippen molar-refractivity contribution in [2.75, 3.05) is 13.1 Å². The summed E-state index contributed by atoms with van der Waals surface area (Å²) in [5.74, 6) is 0.0647. The first-order valence-electron chi connectivity index (χ1n) is 8.41. The van der Waals surface area contributed by atoms with E-state index in [0.29, 0.717) is 6.04 Å². The van der Waals surface area contributed by atoms with E-state index in [1.54, 1.807) is 11.3 Å². The van der Waals surface area contributed by atoms with Gasteiger partial charge in [-0.3, -0.25) is 9.69 Å². The van der Waals surface area contributed by atoms with E-state index in [-0.39, 0.29) is 18.1 Å². The van der Waals surface area contributed by atoms with Crippen LogP contribution in [0.15, 0.2) is 10.8 Å². The highest BCUT2D eigenvalue weighted by molar-refractivity contribution is 7.08. The number of rotatable bonds is 3. The minimum atomic E-state index is -0.159.